The summed E-state index contributed by atoms with van der Waals surface area (Å²) in [5.74, 6) is -0.864. The number of hydrogen-bond acceptors (Lipinski definition) is 12. The lowest BCUT2D eigenvalue weighted by atomic mass is 9.72. The van der Waals surface area contributed by atoms with Gasteiger partial charge in [0.05, 0.1) is 33.4 Å². The molecule has 0 saturated carbocycles. The van der Waals surface area contributed by atoms with Crippen LogP contribution in [-0.2, 0) is 26.2 Å². The van der Waals surface area contributed by atoms with Crippen molar-refractivity contribution in [2.45, 2.75) is 63.9 Å². The van der Waals surface area contributed by atoms with Gasteiger partial charge >= 0.3 is 6.18 Å². The van der Waals surface area contributed by atoms with Gasteiger partial charge in [-0.25, -0.2) is 30.8 Å². The highest BCUT2D eigenvalue weighted by Gasteiger charge is 2.34. The number of sulfonamides is 2. The van der Waals surface area contributed by atoms with Gasteiger partial charge in [-0.15, -0.1) is 0 Å². The Balaban J connectivity index is 0.996. The van der Waals surface area contributed by atoms with Crippen molar-refractivity contribution in [3.63, 3.8) is 0 Å². The smallest absolute Gasteiger partial charge is 0.416 e. The number of ether oxygens (including phenoxy) is 1. The molecular formula is C48H55F3N8O8S2. The van der Waals surface area contributed by atoms with Gasteiger partial charge in [-0.05, 0) is 116 Å². The highest BCUT2D eigenvalue weighted by atomic mass is 32.2. The lowest BCUT2D eigenvalue weighted by Gasteiger charge is -2.39. The van der Waals surface area contributed by atoms with Gasteiger partial charge in [0.1, 0.15) is 22.8 Å². The highest BCUT2D eigenvalue weighted by Crippen LogP contribution is 2.45. The van der Waals surface area contributed by atoms with E-state index in [0.717, 1.165) is 54.2 Å². The van der Waals surface area contributed by atoms with Crippen LogP contribution in [0.25, 0.3) is 16.6 Å². The quantitative estimate of drug-likeness (QED) is 0.0708. The summed E-state index contributed by atoms with van der Waals surface area (Å²) in [6, 6.07) is 15.6. The summed E-state index contributed by atoms with van der Waals surface area (Å²) < 4.78 is 102. The number of piperidine rings is 1. The number of hydrogen-bond donors (Lipinski definition) is 3. The van der Waals surface area contributed by atoms with Crippen molar-refractivity contribution in [2.75, 3.05) is 68.8 Å². The number of piperazine rings is 1. The summed E-state index contributed by atoms with van der Waals surface area (Å²) >= 11 is 0. The Morgan fingerprint density at radius 3 is 2.48 bits per heavy atom. The maximum Gasteiger partial charge on any atom is 0.416 e. The maximum absolute atomic E-state index is 14.0. The van der Waals surface area contributed by atoms with Gasteiger partial charge in [-0.3, -0.25) is 19.8 Å². The first kappa shape index (κ1) is 49.4. The topological polar surface area (TPSA) is 200 Å². The zero-order chi connectivity index (χ0) is 49.5. The number of rotatable bonds is 14. The molecule has 1 aliphatic carbocycles. The number of halogens is 3. The largest absolute Gasteiger partial charge is 0.455 e. The summed E-state index contributed by atoms with van der Waals surface area (Å²) in [5.41, 5.74) is 3.79. The number of allylic oxidation sites excluding steroid dienone is 1. The van der Waals surface area contributed by atoms with E-state index in [4.69, 9.17) is 4.74 Å². The number of amides is 1. The summed E-state index contributed by atoms with van der Waals surface area (Å²) in [6.45, 7) is 10.1. The molecule has 4 heterocycles. The summed E-state index contributed by atoms with van der Waals surface area (Å²) in [6.07, 6.45) is 3.77. The second-order valence-corrected chi connectivity index (χ2v) is 22.6. The molecule has 2 aromatic heterocycles. The van der Waals surface area contributed by atoms with Crippen molar-refractivity contribution in [3.05, 3.63) is 117 Å². The van der Waals surface area contributed by atoms with Crippen molar-refractivity contribution in [1.82, 2.24) is 23.9 Å². The number of nitrogens with zero attached hydrogens (tertiary/aromatic N) is 5. The van der Waals surface area contributed by atoms with Crippen LogP contribution in [0.3, 0.4) is 0 Å². The first-order chi connectivity index (χ1) is 32.5. The number of aryl methyl sites for hydroxylation is 1. The minimum Gasteiger partial charge on any atom is -0.455 e. The van der Waals surface area contributed by atoms with Crippen LogP contribution in [0.5, 0.6) is 11.5 Å². The monoisotopic (exact) mass is 992 g/mol. The molecule has 3 N–H and O–H groups in total. The van der Waals surface area contributed by atoms with E-state index in [1.807, 2.05) is 0 Å². The average molecular weight is 993 g/mol. The van der Waals surface area contributed by atoms with Crippen LogP contribution >= 0.6 is 0 Å². The lowest BCUT2D eigenvalue weighted by molar-refractivity contribution is -0.384. The van der Waals surface area contributed by atoms with Crippen LogP contribution in [0.15, 0.2) is 89.6 Å². The number of aromatic nitrogens is 2. The van der Waals surface area contributed by atoms with Gasteiger partial charge in [0, 0.05) is 81.8 Å². The van der Waals surface area contributed by atoms with Crippen LogP contribution in [0, 0.1) is 28.4 Å². The van der Waals surface area contributed by atoms with Gasteiger partial charge < -0.3 is 19.9 Å². The molecule has 21 heteroatoms. The minimum absolute atomic E-state index is 0.00253. The Hall–Kier alpha value is -6.03. The number of anilines is 2. The van der Waals surface area contributed by atoms with E-state index in [2.05, 4.69) is 43.7 Å². The molecule has 3 aliphatic rings. The molecule has 0 bridgehead atoms. The fourth-order valence-electron chi connectivity index (χ4n) is 9.45. The van der Waals surface area contributed by atoms with Crippen LogP contribution in [0.1, 0.15) is 73.0 Å². The van der Waals surface area contributed by atoms with Crippen LogP contribution in [0.4, 0.5) is 30.2 Å². The number of nitro benzene ring substituents is 1. The van der Waals surface area contributed by atoms with Gasteiger partial charge in [-0.1, -0.05) is 25.5 Å². The Bertz CT molecular complexity index is 3040. The van der Waals surface area contributed by atoms with E-state index < -0.39 is 53.2 Å². The predicted octanol–water partition coefficient (Wildman–Crippen LogP) is 8.58. The van der Waals surface area contributed by atoms with E-state index in [9.17, 15) is 44.9 Å². The molecule has 16 nitrogen and oxygen atoms in total. The minimum atomic E-state index is -4.68. The SMILES string of the molecule is Cc1cc(C(F)(F)F)ccc1C1=C(CN2CCN(c3ccc(C(=O)NS(=O)(=O)c4ccc(NCC5CCCN(S(C)(=O)=O)C5)c([N+](=O)[O-])c4)c(Oc4cnc5[nH]ccc5c4)c3)CC2)CCC(C)(C)C1. The van der Waals surface area contributed by atoms with Crippen LogP contribution in [-0.4, -0.2) is 105 Å². The second-order valence-electron chi connectivity index (χ2n) is 19.0. The number of nitro groups is 1. The first-order valence-electron chi connectivity index (χ1n) is 22.7. The molecule has 69 heavy (non-hydrogen) atoms. The van der Waals surface area contributed by atoms with E-state index in [1.165, 1.54) is 40.3 Å². The number of aromatic amines is 1. The number of H-pyrrole nitrogens is 1. The molecule has 0 radical (unpaired) electrons. The number of carbonyl (C=O) groups excluding carboxylic acids is 1. The van der Waals surface area contributed by atoms with Gasteiger partial charge in [-0.2, -0.15) is 13.2 Å². The summed E-state index contributed by atoms with van der Waals surface area (Å²) in [5, 5.41) is 15.9. The van der Waals surface area contributed by atoms with Gasteiger partial charge in [0.15, 0.2) is 0 Å². The number of alkyl halides is 3. The Morgan fingerprint density at radius 2 is 1.77 bits per heavy atom. The Kier molecular flexibility index (Phi) is 13.9. The first-order valence-corrected chi connectivity index (χ1v) is 26.0. The zero-order valence-corrected chi connectivity index (χ0v) is 40.4. The average Bonchev–Trinajstić information content (AvgIpc) is 3.76. The molecule has 1 unspecified atom stereocenters. The predicted molar refractivity (Wildman–Crippen MR) is 257 cm³/mol. The third kappa shape index (κ3) is 11.5. The summed E-state index contributed by atoms with van der Waals surface area (Å²) in [4.78, 5) is 36.8. The number of carbonyl (C=O) groups is 1. The lowest BCUT2D eigenvalue weighted by Crippen LogP contribution is -2.47. The number of benzene rings is 3. The number of fused-ring (bicyclic) bond motifs is 1. The highest BCUT2D eigenvalue weighted by molar-refractivity contribution is 7.90. The molecule has 2 aliphatic heterocycles. The molecule has 0 spiro atoms. The van der Waals surface area contributed by atoms with Crippen molar-refractivity contribution in [3.8, 4) is 11.5 Å². The molecule has 8 rings (SSSR count). The Labute approximate surface area is 399 Å². The molecule has 1 atom stereocenters. The van der Waals surface area contributed by atoms with Crippen molar-refractivity contribution in [2.24, 2.45) is 11.3 Å². The van der Waals surface area contributed by atoms with Crippen LogP contribution in [0.2, 0.25) is 0 Å². The van der Waals surface area contributed by atoms with Crippen molar-refractivity contribution >= 4 is 59.6 Å². The molecule has 1 amide bonds. The molecule has 5 aromatic rings. The fourth-order valence-corrected chi connectivity index (χ4v) is 11.4. The fraction of sp³-hybridized carbons (Fsp3) is 0.417. The zero-order valence-electron chi connectivity index (χ0n) is 38.7. The van der Waals surface area contributed by atoms with Crippen molar-refractivity contribution < 1.29 is 44.5 Å². The van der Waals surface area contributed by atoms with E-state index in [0.29, 0.717) is 69.0 Å². The number of nitrogens with one attached hydrogen (secondary N) is 3. The number of pyridine rings is 1. The molecule has 3 aromatic carbocycles. The summed E-state index contributed by atoms with van der Waals surface area (Å²) in [7, 11) is -8.09. The Morgan fingerprint density at radius 1 is 1.00 bits per heavy atom. The van der Waals surface area contributed by atoms with E-state index in [-0.39, 0.29) is 47.2 Å². The second kappa shape index (κ2) is 19.4. The maximum atomic E-state index is 14.0. The van der Waals surface area contributed by atoms with Crippen molar-refractivity contribution in [1.29, 1.82) is 0 Å². The van der Waals surface area contributed by atoms with Crippen LogP contribution < -0.4 is 19.7 Å². The van der Waals surface area contributed by atoms with Gasteiger partial charge in [0.2, 0.25) is 10.0 Å². The normalized spacial score (nSPS) is 18.6. The molecule has 2 saturated heterocycles. The third-order valence-electron chi connectivity index (χ3n) is 13.3. The van der Waals surface area contributed by atoms with E-state index >= 15 is 0 Å². The molecular weight excluding hydrogens is 938 g/mol. The third-order valence-corrected chi connectivity index (χ3v) is 15.9. The molecule has 368 valence electrons. The van der Waals surface area contributed by atoms with E-state index in [1.54, 1.807) is 43.5 Å². The van der Waals surface area contributed by atoms with Gasteiger partial charge in [0.25, 0.3) is 21.6 Å². The standard InChI is InChI=1S/C48H55F3N8O8S2/c1-31-22-35(48(49,50)51)7-10-39(31)41-26-47(2,3)15-13-34(41)30-56-18-20-57(21-19-56)36-8-11-40(44(24-36)67-37-23-33-14-16-52-45(33)54-28-37)46(60)55-69(65,66)38-9-12-42(43(25-38)59(61)62)53-27-32-6-5-17-58(29-32)68(4,63)64/h7-12,14,16,22-25,28,32,53H,5-6,13,15,17-21,26-27,29-30H2,1-4H3,(H,52,54)(H,55,60). The molecule has 2 fully saturated rings.